The second-order valence-electron chi connectivity index (χ2n) is 3.76. The summed E-state index contributed by atoms with van der Waals surface area (Å²) in [6, 6.07) is 3.84. The van der Waals surface area contributed by atoms with E-state index in [1.165, 1.54) is 11.9 Å². The first kappa shape index (κ1) is 12.0. The Balaban J connectivity index is 1.96. The van der Waals surface area contributed by atoms with E-state index in [1.54, 1.807) is 24.5 Å². The van der Waals surface area contributed by atoms with Gasteiger partial charge in [-0.25, -0.2) is 9.97 Å². The molecule has 17 heavy (non-hydrogen) atoms. The number of hydrogen-bond donors (Lipinski definition) is 1. The van der Waals surface area contributed by atoms with Crippen molar-refractivity contribution >= 4 is 11.3 Å². The van der Waals surface area contributed by atoms with Gasteiger partial charge in [0.25, 0.3) is 0 Å². The van der Waals surface area contributed by atoms with Crippen LogP contribution in [0, 0.1) is 0 Å². The molecule has 4 nitrogen and oxygen atoms in total. The zero-order valence-corrected chi connectivity index (χ0v) is 10.5. The van der Waals surface area contributed by atoms with E-state index in [0.29, 0.717) is 5.88 Å². The third kappa shape index (κ3) is 3.25. The van der Waals surface area contributed by atoms with Gasteiger partial charge in [-0.05, 0) is 35.2 Å². The second-order valence-corrected chi connectivity index (χ2v) is 4.54. The van der Waals surface area contributed by atoms with Gasteiger partial charge in [0.1, 0.15) is 6.33 Å². The van der Waals surface area contributed by atoms with Crippen molar-refractivity contribution < 1.29 is 4.74 Å². The van der Waals surface area contributed by atoms with E-state index in [4.69, 9.17) is 10.5 Å². The molecule has 0 spiro atoms. The van der Waals surface area contributed by atoms with Crippen molar-refractivity contribution in [1.29, 1.82) is 0 Å². The molecule has 0 saturated heterocycles. The first-order valence-corrected chi connectivity index (χ1v) is 6.36. The van der Waals surface area contributed by atoms with Gasteiger partial charge in [0.05, 0.1) is 12.8 Å². The lowest BCUT2D eigenvalue weighted by atomic mass is 10.1. The number of methoxy groups -OCH3 is 1. The molecule has 0 amide bonds. The minimum absolute atomic E-state index is 0.0770. The summed E-state index contributed by atoms with van der Waals surface area (Å²) in [6.45, 7) is 0. The number of rotatable bonds is 5. The quantitative estimate of drug-likeness (QED) is 0.882. The number of nitrogens with two attached hydrogens (primary N) is 1. The zero-order chi connectivity index (χ0) is 12.1. The van der Waals surface area contributed by atoms with Gasteiger partial charge in [-0.2, -0.15) is 11.3 Å². The Hall–Kier alpha value is -1.46. The molecule has 0 aromatic carbocycles. The molecule has 0 aliphatic heterocycles. The average Bonchev–Trinajstić information content (AvgIpc) is 2.89. The largest absolute Gasteiger partial charge is 0.481 e. The third-order valence-electron chi connectivity index (χ3n) is 2.58. The van der Waals surface area contributed by atoms with E-state index in [0.717, 1.165) is 18.5 Å². The van der Waals surface area contributed by atoms with Gasteiger partial charge >= 0.3 is 0 Å². The van der Waals surface area contributed by atoms with Crippen molar-refractivity contribution in [1.82, 2.24) is 9.97 Å². The van der Waals surface area contributed by atoms with Crippen molar-refractivity contribution in [3.8, 4) is 5.88 Å². The summed E-state index contributed by atoms with van der Waals surface area (Å²) >= 11 is 1.71. The fourth-order valence-corrected chi connectivity index (χ4v) is 2.28. The normalized spacial score (nSPS) is 12.4. The molecule has 90 valence electrons. The van der Waals surface area contributed by atoms with Crippen LogP contribution in [0.15, 0.2) is 29.2 Å². The first-order chi connectivity index (χ1) is 8.29. The Morgan fingerprint density at radius 3 is 3.06 bits per heavy atom. The lowest BCUT2D eigenvalue weighted by Gasteiger charge is -2.10. The predicted octanol–water partition coefficient (Wildman–Crippen LogP) is 2.18. The molecule has 1 atom stereocenters. The highest BCUT2D eigenvalue weighted by Crippen LogP contribution is 2.18. The van der Waals surface area contributed by atoms with Crippen LogP contribution in [-0.2, 0) is 6.42 Å². The maximum Gasteiger partial charge on any atom is 0.216 e. The molecule has 5 heteroatoms. The zero-order valence-electron chi connectivity index (χ0n) is 9.67. The number of nitrogens with zero attached hydrogens (tertiary/aromatic N) is 2. The molecule has 2 aromatic rings. The Kier molecular flexibility index (Phi) is 4.06. The Morgan fingerprint density at radius 2 is 2.35 bits per heavy atom. The fourth-order valence-electron chi connectivity index (χ4n) is 1.57. The Labute approximate surface area is 104 Å². The minimum atomic E-state index is -0.0770. The van der Waals surface area contributed by atoms with Crippen LogP contribution < -0.4 is 10.5 Å². The molecule has 2 aromatic heterocycles. The van der Waals surface area contributed by atoms with Gasteiger partial charge in [-0.1, -0.05) is 0 Å². The van der Waals surface area contributed by atoms with Crippen molar-refractivity contribution in [2.24, 2.45) is 5.73 Å². The number of ether oxygens (including phenoxy) is 1. The molecule has 0 fully saturated rings. The van der Waals surface area contributed by atoms with Crippen LogP contribution in [0.3, 0.4) is 0 Å². The monoisotopic (exact) mass is 249 g/mol. The fraction of sp³-hybridized carbons (Fsp3) is 0.333. The molecule has 0 aliphatic carbocycles. The molecule has 0 bridgehead atoms. The molecule has 2 rings (SSSR count). The minimum Gasteiger partial charge on any atom is -0.481 e. The third-order valence-corrected chi connectivity index (χ3v) is 3.31. The van der Waals surface area contributed by atoms with Crippen LogP contribution in [0.5, 0.6) is 5.88 Å². The van der Waals surface area contributed by atoms with Gasteiger partial charge in [0, 0.05) is 12.1 Å². The summed E-state index contributed by atoms with van der Waals surface area (Å²) in [5.41, 5.74) is 8.24. The smallest absolute Gasteiger partial charge is 0.216 e. The molecule has 2 heterocycles. The topological polar surface area (TPSA) is 61.0 Å². The van der Waals surface area contributed by atoms with Crippen molar-refractivity contribution in [2.45, 2.75) is 18.9 Å². The lowest BCUT2D eigenvalue weighted by Crippen LogP contribution is -2.13. The summed E-state index contributed by atoms with van der Waals surface area (Å²) in [7, 11) is 1.59. The predicted molar refractivity (Wildman–Crippen MR) is 68.2 cm³/mol. The summed E-state index contributed by atoms with van der Waals surface area (Å²) < 4.78 is 5.05. The Morgan fingerprint density at radius 1 is 1.47 bits per heavy atom. The first-order valence-electron chi connectivity index (χ1n) is 5.42. The van der Waals surface area contributed by atoms with Crippen LogP contribution in [0.4, 0.5) is 0 Å². The number of aryl methyl sites for hydroxylation is 1. The molecule has 0 aliphatic rings. The highest BCUT2D eigenvalue weighted by atomic mass is 32.1. The number of hydrogen-bond acceptors (Lipinski definition) is 5. The van der Waals surface area contributed by atoms with Crippen molar-refractivity contribution in [2.75, 3.05) is 7.11 Å². The van der Waals surface area contributed by atoms with E-state index in [1.807, 2.05) is 0 Å². The van der Waals surface area contributed by atoms with Gasteiger partial charge in [0.2, 0.25) is 5.88 Å². The van der Waals surface area contributed by atoms with E-state index < -0.39 is 0 Å². The molecule has 0 saturated carbocycles. The van der Waals surface area contributed by atoms with Gasteiger partial charge < -0.3 is 10.5 Å². The lowest BCUT2D eigenvalue weighted by molar-refractivity contribution is 0.395. The highest BCUT2D eigenvalue weighted by Gasteiger charge is 2.09. The summed E-state index contributed by atoms with van der Waals surface area (Å²) in [6.07, 6.45) is 3.33. The van der Waals surface area contributed by atoms with Crippen LogP contribution in [0.2, 0.25) is 0 Å². The number of thiophene rings is 1. The van der Waals surface area contributed by atoms with Crippen LogP contribution in [0.25, 0.3) is 0 Å². The second kappa shape index (κ2) is 5.75. The summed E-state index contributed by atoms with van der Waals surface area (Å²) in [5, 5.41) is 4.22. The molecule has 0 radical (unpaired) electrons. The highest BCUT2D eigenvalue weighted by molar-refractivity contribution is 7.07. The van der Waals surface area contributed by atoms with E-state index >= 15 is 0 Å². The molecule has 2 N–H and O–H groups in total. The van der Waals surface area contributed by atoms with Gasteiger partial charge in [0.15, 0.2) is 0 Å². The summed E-state index contributed by atoms with van der Waals surface area (Å²) in [5.74, 6) is 0.556. The van der Waals surface area contributed by atoms with E-state index in [9.17, 15) is 0 Å². The number of aromatic nitrogens is 2. The average molecular weight is 249 g/mol. The summed E-state index contributed by atoms with van der Waals surface area (Å²) in [4.78, 5) is 8.14. The van der Waals surface area contributed by atoms with E-state index in [-0.39, 0.29) is 6.04 Å². The van der Waals surface area contributed by atoms with Crippen LogP contribution >= 0.6 is 11.3 Å². The van der Waals surface area contributed by atoms with Gasteiger partial charge in [-0.3, -0.25) is 0 Å². The molecular formula is C12H15N3OS. The maximum atomic E-state index is 6.09. The van der Waals surface area contributed by atoms with Crippen LogP contribution in [0.1, 0.15) is 23.7 Å². The molecular weight excluding hydrogens is 234 g/mol. The molecule has 1 unspecified atom stereocenters. The van der Waals surface area contributed by atoms with E-state index in [2.05, 4.69) is 26.8 Å². The van der Waals surface area contributed by atoms with Crippen molar-refractivity contribution in [3.05, 3.63) is 40.5 Å². The maximum absolute atomic E-state index is 6.09. The van der Waals surface area contributed by atoms with Crippen LogP contribution in [-0.4, -0.2) is 17.1 Å². The SMILES string of the molecule is COc1cc(C(N)CCc2ccsc2)ncn1. The van der Waals surface area contributed by atoms with Crippen molar-refractivity contribution in [3.63, 3.8) is 0 Å². The Bertz CT molecular complexity index is 459. The standard InChI is InChI=1S/C12H15N3OS/c1-16-12-6-11(14-8-15-12)10(13)3-2-9-4-5-17-7-9/h4-8,10H,2-3,13H2,1H3. The van der Waals surface area contributed by atoms with Gasteiger partial charge in [-0.15, -0.1) is 0 Å².